The van der Waals surface area contributed by atoms with E-state index in [-0.39, 0.29) is 17.2 Å². The maximum Gasteiger partial charge on any atom is 0.341 e. The summed E-state index contributed by atoms with van der Waals surface area (Å²) in [7, 11) is 1.31. The Morgan fingerprint density at radius 1 is 1.10 bits per heavy atom. The topological polar surface area (TPSA) is 78.9 Å². The number of ether oxygens (including phenoxy) is 3. The van der Waals surface area contributed by atoms with Gasteiger partial charge < -0.3 is 14.2 Å². The number of unbranched alkanes of at least 4 members (excludes halogenated alkanes) is 2. The predicted molar refractivity (Wildman–Crippen MR) is 114 cm³/mol. The quantitative estimate of drug-likeness (QED) is 0.249. The number of esters is 3. The van der Waals surface area contributed by atoms with Crippen LogP contribution in [-0.2, 0) is 20.7 Å². The number of aryl methyl sites for hydroxylation is 1. The van der Waals surface area contributed by atoms with Gasteiger partial charge in [0, 0.05) is 25.3 Å². The van der Waals surface area contributed by atoms with E-state index in [1.54, 1.807) is 6.07 Å². The first-order chi connectivity index (χ1) is 14.3. The molecule has 1 aromatic carbocycles. The third kappa shape index (κ3) is 5.94. The van der Waals surface area contributed by atoms with Gasteiger partial charge in [-0.15, -0.1) is 0 Å². The van der Waals surface area contributed by atoms with Crippen molar-refractivity contribution in [3.8, 4) is 11.5 Å². The molecule has 30 heavy (non-hydrogen) atoms. The molecule has 0 spiro atoms. The van der Waals surface area contributed by atoms with Gasteiger partial charge in [0.05, 0.1) is 7.11 Å². The lowest BCUT2D eigenvalue weighted by Gasteiger charge is -2.26. The van der Waals surface area contributed by atoms with E-state index in [0.29, 0.717) is 23.3 Å². The van der Waals surface area contributed by atoms with Crippen molar-refractivity contribution in [2.24, 2.45) is 0 Å². The molecular formula is C24H32O6. The fourth-order valence-electron chi connectivity index (χ4n) is 3.97. The Kier molecular flexibility index (Phi) is 8.63. The number of benzene rings is 1. The van der Waals surface area contributed by atoms with E-state index < -0.39 is 17.9 Å². The van der Waals surface area contributed by atoms with Gasteiger partial charge in [0.2, 0.25) is 0 Å². The summed E-state index contributed by atoms with van der Waals surface area (Å²) in [6, 6.07) is 1.74. The Morgan fingerprint density at radius 3 is 2.37 bits per heavy atom. The van der Waals surface area contributed by atoms with E-state index in [1.807, 2.05) is 6.92 Å². The van der Waals surface area contributed by atoms with Crippen LogP contribution >= 0.6 is 0 Å². The number of carbonyl (C=O) groups is 3. The van der Waals surface area contributed by atoms with Crippen LogP contribution in [0.2, 0.25) is 0 Å². The minimum Gasteiger partial charge on any atom is -0.465 e. The van der Waals surface area contributed by atoms with E-state index in [1.165, 1.54) is 26.5 Å². The zero-order valence-corrected chi connectivity index (χ0v) is 18.6. The van der Waals surface area contributed by atoms with Crippen molar-refractivity contribution in [2.75, 3.05) is 7.11 Å². The summed E-state index contributed by atoms with van der Waals surface area (Å²) in [4.78, 5) is 36.6. The lowest BCUT2D eigenvalue weighted by molar-refractivity contribution is -0.132. The van der Waals surface area contributed by atoms with Crippen LogP contribution in [0.15, 0.2) is 17.7 Å². The Balaban J connectivity index is 2.79. The SMILES string of the molecule is CCCCCc1cc(OC(C)=O)c([C@@H]2C=C(C)CCC2)c(OC(C)=O)c1C(=O)OC. The molecule has 0 heterocycles. The van der Waals surface area contributed by atoms with Crippen molar-refractivity contribution >= 4 is 17.9 Å². The minimum atomic E-state index is -0.565. The van der Waals surface area contributed by atoms with Crippen molar-refractivity contribution in [1.82, 2.24) is 0 Å². The summed E-state index contributed by atoms with van der Waals surface area (Å²) in [5.41, 5.74) is 2.66. The maximum absolute atomic E-state index is 12.8. The maximum atomic E-state index is 12.8. The first kappa shape index (κ1) is 23.6. The van der Waals surface area contributed by atoms with Crippen molar-refractivity contribution in [1.29, 1.82) is 0 Å². The molecule has 1 aliphatic carbocycles. The fourth-order valence-corrected chi connectivity index (χ4v) is 3.97. The van der Waals surface area contributed by atoms with Crippen LogP contribution in [0.4, 0.5) is 0 Å². The van der Waals surface area contributed by atoms with Crippen LogP contribution in [0.5, 0.6) is 11.5 Å². The molecule has 6 heteroatoms. The molecule has 1 aliphatic rings. The summed E-state index contributed by atoms with van der Waals surface area (Å²) in [5, 5.41) is 0. The van der Waals surface area contributed by atoms with Crippen LogP contribution in [0.3, 0.4) is 0 Å². The lowest BCUT2D eigenvalue weighted by Crippen LogP contribution is -2.18. The van der Waals surface area contributed by atoms with Crippen LogP contribution in [0.1, 0.15) is 93.6 Å². The number of hydrogen-bond acceptors (Lipinski definition) is 6. The summed E-state index contributed by atoms with van der Waals surface area (Å²) < 4.78 is 16.2. The van der Waals surface area contributed by atoms with E-state index in [4.69, 9.17) is 14.2 Å². The first-order valence-electron chi connectivity index (χ1n) is 10.6. The summed E-state index contributed by atoms with van der Waals surface area (Å²) in [6.07, 6.45) is 8.28. The van der Waals surface area contributed by atoms with Gasteiger partial charge in [-0.05, 0) is 50.7 Å². The molecule has 6 nitrogen and oxygen atoms in total. The van der Waals surface area contributed by atoms with Gasteiger partial charge >= 0.3 is 17.9 Å². The highest BCUT2D eigenvalue weighted by molar-refractivity contribution is 5.96. The summed E-state index contributed by atoms with van der Waals surface area (Å²) >= 11 is 0. The van der Waals surface area contributed by atoms with Gasteiger partial charge in [-0.25, -0.2) is 4.79 Å². The van der Waals surface area contributed by atoms with Gasteiger partial charge in [0.1, 0.15) is 11.3 Å². The third-order valence-corrected chi connectivity index (χ3v) is 5.24. The average Bonchev–Trinajstić information content (AvgIpc) is 2.67. The van der Waals surface area contributed by atoms with E-state index in [9.17, 15) is 14.4 Å². The minimum absolute atomic E-state index is 0.129. The Hall–Kier alpha value is -2.63. The zero-order chi connectivity index (χ0) is 22.3. The second-order valence-electron chi connectivity index (χ2n) is 7.80. The highest BCUT2D eigenvalue weighted by atomic mass is 16.6. The van der Waals surface area contributed by atoms with Crippen LogP contribution in [0.25, 0.3) is 0 Å². The molecular weight excluding hydrogens is 384 g/mol. The number of rotatable bonds is 8. The number of carbonyl (C=O) groups excluding carboxylic acids is 3. The highest BCUT2D eigenvalue weighted by Gasteiger charge is 2.31. The van der Waals surface area contributed by atoms with Gasteiger partial charge in [-0.2, -0.15) is 0 Å². The monoisotopic (exact) mass is 416 g/mol. The molecule has 0 aliphatic heterocycles. The molecule has 0 unspecified atom stereocenters. The molecule has 0 amide bonds. The smallest absolute Gasteiger partial charge is 0.341 e. The second-order valence-corrected chi connectivity index (χ2v) is 7.80. The molecule has 2 rings (SSSR count). The lowest BCUT2D eigenvalue weighted by atomic mass is 9.83. The molecule has 0 bridgehead atoms. The van der Waals surface area contributed by atoms with Crippen LogP contribution in [0, 0.1) is 0 Å². The molecule has 0 aromatic heterocycles. The van der Waals surface area contributed by atoms with Gasteiger partial charge in [-0.1, -0.05) is 31.4 Å². The number of allylic oxidation sites excluding steroid dienone is 2. The van der Waals surface area contributed by atoms with Gasteiger partial charge in [-0.3, -0.25) is 9.59 Å². The molecule has 1 aromatic rings. The molecule has 0 N–H and O–H groups in total. The third-order valence-electron chi connectivity index (χ3n) is 5.24. The van der Waals surface area contributed by atoms with Gasteiger partial charge in [0.15, 0.2) is 5.75 Å². The molecule has 0 radical (unpaired) electrons. The Labute approximate surface area is 178 Å². The van der Waals surface area contributed by atoms with Crippen LogP contribution < -0.4 is 9.47 Å². The molecule has 0 saturated heterocycles. The average molecular weight is 417 g/mol. The molecule has 0 fully saturated rings. The van der Waals surface area contributed by atoms with Crippen LogP contribution in [-0.4, -0.2) is 25.0 Å². The fraction of sp³-hybridized carbons (Fsp3) is 0.542. The Morgan fingerprint density at radius 2 is 1.80 bits per heavy atom. The second kappa shape index (κ2) is 11.0. The van der Waals surface area contributed by atoms with E-state index in [2.05, 4.69) is 13.0 Å². The molecule has 164 valence electrons. The standard InChI is InChI=1S/C24H32O6/c1-6-7-8-11-19-14-20(29-16(3)25)21(18-12-9-10-15(2)13-18)23(30-17(4)26)22(19)24(27)28-5/h13-14,18H,6-12H2,1-5H3/t18-/m0/s1. The van der Waals surface area contributed by atoms with Crippen molar-refractivity contribution < 1.29 is 28.6 Å². The van der Waals surface area contributed by atoms with Crippen molar-refractivity contribution in [3.63, 3.8) is 0 Å². The largest absolute Gasteiger partial charge is 0.465 e. The van der Waals surface area contributed by atoms with Crippen molar-refractivity contribution in [2.45, 2.75) is 78.6 Å². The van der Waals surface area contributed by atoms with E-state index in [0.717, 1.165) is 38.5 Å². The first-order valence-corrected chi connectivity index (χ1v) is 10.6. The van der Waals surface area contributed by atoms with E-state index >= 15 is 0 Å². The predicted octanol–water partition coefficient (Wildman–Crippen LogP) is 5.27. The zero-order valence-electron chi connectivity index (χ0n) is 18.6. The van der Waals surface area contributed by atoms with Crippen molar-refractivity contribution in [3.05, 3.63) is 34.4 Å². The summed E-state index contributed by atoms with van der Waals surface area (Å²) in [6.45, 7) is 6.77. The number of hydrogen-bond donors (Lipinski definition) is 0. The highest BCUT2D eigenvalue weighted by Crippen LogP contribution is 2.45. The molecule has 0 saturated carbocycles. The Bertz CT molecular complexity index is 837. The number of methoxy groups -OCH3 is 1. The van der Waals surface area contributed by atoms with Gasteiger partial charge in [0.25, 0.3) is 0 Å². The normalized spacial score (nSPS) is 15.9. The summed E-state index contributed by atoms with van der Waals surface area (Å²) in [5.74, 6) is -1.21. The molecule has 1 atom stereocenters.